The molecule has 0 unspecified atom stereocenters. The van der Waals surface area contributed by atoms with E-state index in [1.165, 1.54) is 0 Å². The lowest BCUT2D eigenvalue weighted by atomic mass is 10.1. The Bertz CT molecular complexity index is 1220. The summed E-state index contributed by atoms with van der Waals surface area (Å²) in [5.74, 6) is 0.829. The normalized spacial score (nSPS) is 11.1. The molecule has 0 saturated heterocycles. The minimum Gasteiger partial charge on any atom is -0.497 e. The summed E-state index contributed by atoms with van der Waals surface area (Å²) in [4.78, 5) is 12.7. The van der Waals surface area contributed by atoms with Crippen LogP contribution in [0.3, 0.4) is 0 Å². The quantitative estimate of drug-likeness (QED) is 0.261. The fraction of sp³-hybridized carbons (Fsp3) is 0.200. The number of rotatable bonds is 7. The number of nitriles is 1. The smallest absolute Gasteiger partial charge is 0.262 e. The molecule has 7 heteroatoms. The van der Waals surface area contributed by atoms with Gasteiger partial charge in [0, 0.05) is 38.8 Å². The number of nitrogens with zero attached hydrogens (tertiary/aromatic N) is 2. The van der Waals surface area contributed by atoms with Gasteiger partial charge >= 0.3 is 0 Å². The number of ether oxygens (including phenoxy) is 2. The van der Waals surface area contributed by atoms with Crippen LogP contribution in [-0.4, -0.2) is 24.7 Å². The molecule has 0 radical (unpaired) electrons. The summed E-state index contributed by atoms with van der Waals surface area (Å²) in [6.07, 6.45) is 1.63. The van der Waals surface area contributed by atoms with E-state index in [9.17, 15) is 10.1 Å². The first-order chi connectivity index (χ1) is 15.4. The van der Waals surface area contributed by atoms with Crippen LogP contribution in [0.4, 0.5) is 0 Å². The molecule has 0 saturated carbocycles. The first-order valence-electron chi connectivity index (χ1n) is 9.93. The van der Waals surface area contributed by atoms with Gasteiger partial charge in [0.1, 0.15) is 23.1 Å². The molecule has 0 spiro atoms. The fourth-order valence-corrected chi connectivity index (χ4v) is 4.05. The number of methoxy groups -OCH3 is 2. The van der Waals surface area contributed by atoms with Crippen molar-refractivity contribution in [3.05, 3.63) is 80.2 Å². The number of benzene rings is 2. The number of carbonyl (C=O) groups is 1. The highest BCUT2D eigenvalue weighted by Gasteiger charge is 2.15. The Kier molecular flexibility index (Phi) is 7.59. The van der Waals surface area contributed by atoms with Crippen LogP contribution in [0.2, 0.25) is 0 Å². The number of carbonyl (C=O) groups excluding carboxylic acids is 1. The van der Waals surface area contributed by atoms with Gasteiger partial charge in [-0.15, -0.1) is 0 Å². The Balaban J connectivity index is 1.83. The highest BCUT2D eigenvalue weighted by atomic mass is 127. The molecule has 1 heterocycles. The van der Waals surface area contributed by atoms with E-state index in [-0.39, 0.29) is 12.1 Å². The Morgan fingerprint density at radius 3 is 2.59 bits per heavy atom. The third-order valence-electron chi connectivity index (χ3n) is 5.14. The Labute approximate surface area is 201 Å². The number of halogens is 1. The lowest BCUT2D eigenvalue weighted by Crippen LogP contribution is -2.24. The number of hydrogen-bond acceptors (Lipinski definition) is 4. The molecular formula is C25H24IN3O3. The molecule has 0 aliphatic heterocycles. The second-order valence-corrected chi connectivity index (χ2v) is 8.42. The van der Waals surface area contributed by atoms with Crippen LogP contribution in [0.25, 0.3) is 11.8 Å². The Hall–Kier alpha value is -3.25. The van der Waals surface area contributed by atoms with Crippen molar-refractivity contribution in [3.8, 4) is 23.3 Å². The summed E-state index contributed by atoms with van der Waals surface area (Å²) in [7, 11) is 3.14. The van der Waals surface area contributed by atoms with Gasteiger partial charge in [-0.2, -0.15) is 5.26 Å². The zero-order valence-electron chi connectivity index (χ0n) is 18.4. The largest absolute Gasteiger partial charge is 0.497 e. The van der Waals surface area contributed by atoms with Gasteiger partial charge in [-0.25, -0.2) is 0 Å². The van der Waals surface area contributed by atoms with E-state index in [0.29, 0.717) is 11.5 Å². The molecule has 1 aromatic heterocycles. The number of aryl methyl sites for hydroxylation is 1. The summed E-state index contributed by atoms with van der Waals surface area (Å²) in [6, 6.07) is 17.5. The predicted octanol–water partition coefficient (Wildman–Crippen LogP) is 4.94. The minimum atomic E-state index is -0.440. The van der Waals surface area contributed by atoms with Crippen molar-refractivity contribution in [2.45, 2.75) is 20.4 Å². The standard InChI is InChI=1S/C25H24IN3O3/c1-16-10-19(17(2)29(16)22-7-5-6-21(26)12-22)11-20(14-27)25(30)28-15-18-8-9-23(31-3)13-24(18)32-4/h5-13H,15H2,1-4H3,(H,28,30)/b20-11+. The maximum Gasteiger partial charge on any atom is 0.262 e. The number of nitrogens with one attached hydrogen (secondary N) is 1. The van der Waals surface area contributed by atoms with Gasteiger partial charge in [-0.05, 0) is 84.5 Å². The van der Waals surface area contributed by atoms with Gasteiger partial charge in [0.05, 0.1) is 14.2 Å². The van der Waals surface area contributed by atoms with Crippen molar-refractivity contribution in [3.63, 3.8) is 0 Å². The van der Waals surface area contributed by atoms with Crippen LogP contribution in [0, 0.1) is 28.7 Å². The number of hydrogen-bond donors (Lipinski definition) is 1. The predicted molar refractivity (Wildman–Crippen MR) is 133 cm³/mol. The first-order valence-corrected chi connectivity index (χ1v) is 11.0. The molecule has 164 valence electrons. The summed E-state index contributed by atoms with van der Waals surface area (Å²) in [5, 5.41) is 12.4. The maximum absolute atomic E-state index is 12.7. The van der Waals surface area contributed by atoms with E-state index in [1.54, 1.807) is 32.4 Å². The van der Waals surface area contributed by atoms with Crippen LogP contribution in [0.15, 0.2) is 54.1 Å². The fourth-order valence-electron chi connectivity index (χ4n) is 3.52. The molecule has 3 aromatic rings. The Morgan fingerprint density at radius 2 is 1.94 bits per heavy atom. The molecule has 0 atom stereocenters. The van der Waals surface area contributed by atoms with Crippen LogP contribution < -0.4 is 14.8 Å². The molecule has 2 aromatic carbocycles. The molecule has 3 rings (SSSR count). The zero-order chi connectivity index (χ0) is 23.3. The zero-order valence-corrected chi connectivity index (χ0v) is 20.6. The monoisotopic (exact) mass is 541 g/mol. The summed E-state index contributed by atoms with van der Waals surface area (Å²) in [5.41, 5.74) is 4.69. The maximum atomic E-state index is 12.7. The van der Waals surface area contributed by atoms with Gasteiger partial charge in [-0.3, -0.25) is 4.79 Å². The molecule has 0 bridgehead atoms. The molecule has 6 nitrogen and oxygen atoms in total. The molecule has 32 heavy (non-hydrogen) atoms. The van der Waals surface area contributed by atoms with Crippen molar-refractivity contribution < 1.29 is 14.3 Å². The van der Waals surface area contributed by atoms with Crippen molar-refractivity contribution in [2.75, 3.05) is 14.2 Å². The van der Waals surface area contributed by atoms with E-state index < -0.39 is 5.91 Å². The molecule has 0 aliphatic rings. The van der Waals surface area contributed by atoms with E-state index in [0.717, 1.165) is 31.8 Å². The summed E-state index contributed by atoms with van der Waals surface area (Å²) in [6.45, 7) is 4.21. The molecule has 0 fully saturated rings. The van der Waals surface area contributed by atoms with E-state index in [1.807, 2.05) is 50.2 Å². The summed E-state index contributed by atoms with van der Waals surface area (Å²) < 4.78 is 13.8. The van der Waals surface area contributed by atoms with Crippen LogP contribution >= 0.6 is 22.6 Å². The topological polar surface area (TPSA) is 76.3 Å². The minimum absolute atomic E-state index is 0.0420. The van der Waals surface area contributed by atoms with Gasteiger partial charge in [0.15, 0.2) is 0 Å². The molecule has 1 amide bonds. The molecule has 0 aliphatic carbocycles. The van der Waals surface area contributed by atoms with Crippen molar-refractivity contribution in [1.82, 2.24) is 9.88 Å². The van der Waals surface area contributed by atoms with Crippen molar-refractivity contribution in [1.29, 1.82) is 5.26 Å². The van der Waals surface area contributed by atoms with Gasteiger partial charge < -0.3 is 19.4 Å². The van der Waals surface area contributed by atoms with E-state index >= 15 is 0 Å². The second-order valence-electron chi connectivity index (χ2n) is 7.17. The van der Waals surface area contributed by atoms with Gasteiger partial charge in [-0.1, -0.05) is 6.07 Å². The average molecular weight is 541 g/mol. The number of aromatic nitrogens is 1. The highest BCUT2D eigenvalue weighted by molar-refractivity contribution is 14.1. The van der Waals surface area contributed by atoms with E-state index in [2.05, 4.69) is 38.5 Å². The van der Waals surface area contributed by atoms with Crippen LogP contribution in [-0.2, 0) is 11.3 Å². The lowest BCUT2D eigenvalue weighted by molar-refractivity contribution is -0.117. The SMILES string of the molecule is COc1ccc(CNC(=O)/C(C#N)=C/c2cc(C)n(-c3cccc(I)c3)c2C)c(OC)c1. The third kappa shape index (κ3) is 5.14. The number of amides is 1. The van der Waals surface area contributed by atoms with Crippen LogP contribution in [0.5, 0.6) is 11.5 Å². The lowest BCUT2D eigenvalue weighted by Gasteiger charge is -2.11. The highest BCUT2D eigenvalue weighted by Crippen LogP contribution is 2.25. The molecular weight excluding hydrogens is 517 g/mol. The van der Waals surface area contributed by atoms with Crippen LogP contribution in [0.1, 0.15) is 22.5 Å². The third-order valence-corrected chi connectivity index (χ3v) is 5.81. The van der Waals surface area contributed by atoms with Crippen molar-refractivity contribution in [2.24, 2.45) is 0 Å². The van der Waals surface area contributed by atoms with E-state index in [4.69, 9.17) is 9.47 Å². The Morgan fingerprint density at radius 1 is 1.16 bits per heavy atom. The average Bonchev–Trinajstić information content (AvgIpc) is 3.08. The first kappa shape index (κ1) is 23.4. The van der Waals surface area contributed by atoms with Gasteiger partial charge in [0.2, 0.25) is 0 Å². The molecule has 1 N–H and O–H groups in total. The van der Waals surface area contributed by atoms with Gasteiger partial charge in [0.25, 0.3) is 5.91 Å². The summed E-state index contributed by atoms with van der Waals surface area (Å²) >= 11 is 2.28. The second kappa shape index (κ2) is 10.4. The van der Waals surface area contributed by atoms with Crippen molar-refractivity contribution >= 4 is 34.6 Å².